The van der Waals surface area contributed by atoms with Crippen LogP contribution in [0.2, 0.25) is 0 Å². The highest BCUT2D eigenvalue weighted by Crippen LogP contribution is 2.16. The van der Waals surface area contributed by atoms with E-state index >= 15 is 0 Å². The quantitative estimate of drug-likeness (QED) is 0.638. The lowest BCUT2D eigenvalue weighted by molar-refractivity contribution is -0.704. The van der Waals surface area contributed by atoms with Gasteiger partial charge in [-0.2, -0.15) is 0 Å². The van der Waals surface area contributed by atoms with E-state index in [1.807, 2.05) is 0 Å². The van der Waals surface area contributed by atoms with Gasteiger partial charge in [0.2, 0.25) is 0 Å². The van der Waals surface area contributed by atoms with E-state index in [4.69, 9.17) is 0 Å². The van der Waals surface area contributed by atoms with Crippen molar-refractivity contribution in [2.45, 2.75) is 52.0 Å². The van der Waals surface area contributed by atoms with Crippen LogP contribution in [0.15, 0.2) is 0 Å². The minimum Gasteiger partial charge on any atom is -0.344 e. The summed E-state index contributed by atoms with van der Waals surface area (Å²) in [6.45, 7) is 6.04. The molecule has 2 N–H and O–H groups in total. The molecule has 1 heterocycles. The van der Waals surface area contributed by atoms with E-state index in [2.05, 4.69) is 19.2 Å². The second kappa shape index (κ2) is 4.76. The normalized spacial score (nSPS) is 25.9. The highest BCUT2D eigenvalue weighted by molar-refractivity contribution is 4.67. The molecule has 0 amide bonds. The van der Waals surface area contributed by atoms with Crippen molar-refractivity contribution in [1.82, 2.24) is 0 Å². The molecule has 1 rings (SSSR count). The minimum absolute atomic E-state index is 0.957. The fourth-order valence-corrected chi connectivity index (χ4v) is 2.30. The Balaban J connectivity index is 2.30. The highest BCUT2D eigenvalue weighted by atomic mass is 14.9. The Morgan fingerprint density at radius 2 is 2.00 bits per heavy atom. The summed E-state index contributed by atoms with van der Waals surface area (Å²) >= 11 is 0. The highest BCUT2D eigenvalue weighted by Gasteiger charge is 2.23. The molecule has 1 heteroatoms. The number of hydrogen-bond acceptors (Lipinski definition) is 0. The first-order valence-electron chi connectivity index (χ1n) is 5.21. The first-order chi connectivity index (χ1) is 5.38. The van der Waals surface area contributed by atoms with Crippen LogP contribution in [0, 0.1) is 5.92 Å². The van der Waals surface area contributed by atoms with E-state index in [1.54, 1.807) is 0 Å². The lowest BCUT2D eigenvalue weighted by atomic mass is 9.88. The fourth-order valence-electron chi connectivity index (χ4n) is 2.30. The van der Waals surface area contributed by atoms with Crippen molar-refractivity contribution in [3.05, 3.63) is 0 Å². The number of hydrogen-bond donors (Lipinski definition) is 1. The van der Waals surface area contributed by atoms with Gasteiger partial charge in [-0.25, -0.2) is 0 Å². The first kappa shape index (κ1) is 9.05. The van der Waals surface area contributed by atoms with Gasteiger partial charge in [0.05, 0.1) is 12.6 Å². The molecule has 0 aromatic rings. The number of rotatable bonds is 3. The van der Waals surface area contributed by atoms with Gasteiger partial charge in [-0.05, 0) is 32.1 Å². The van der Waals surface area contributed by atoms with Crippen LogP contribution in [0.1, 0.15) is 46.0 Å². The van der Waals surface area contributed by atoms with Gasteiger partial charge in [0, 0.05) is 5.92 Å². The van der Waals surface area contributed by atoms with Gasteiger partial charge < -0.3 is 5.32 Å². The molecule has 66 valence electrons. The van der Waals surface area contributed by atoms with E-state index in [9.17, 15) is 0 Å². The largest absolute Gasteiger partial charge is 0.344 e. The average molecular weight is 156 g/mol. The van der Waals surface area contributed by atoms with Crippen molar-refractivity contribution >= 4 is 0 Å². The predicted molar refractivity (Wildman–Crippen MR) is 48.5 cm³/mol. The lowest BCUT2D eigenvalue weighted by Gasteiger charge is -2.26. The van der Waals surface area contributed by atoms with E-state index < -0.39 is 0 Å². The fraction of sp³-hybridized carbons (Fsp3) is 1.00. The van der Waals surface area contributed by atoms with Gasteiger partial charge in [0.1, 0.15) is 0 Å². The summed E-state index contributed by atoms with van der Waals surface area (Å²) in [6.07, 6.45) is 7.12. The van der Waals surface area contributed by atoms with Gasteiger partial charge in [0.15, 0.2) is 0 Å². The molecule has 0 radical (unpaired) electrons. The predicted octanol–water partition coefficient (Wildman–Crippen LogP) is 1.54. The molecule has 0 aromatic heterocycles. The van der Waals surface area contributed by atoms with E-state index in [1.165, 1.54) is 38.6 Å². The van der Waals surface area contributed by atoms with Crippen LogP contribution in [-0.2, 0) is 0 Å². The molecule has 1 aliphatic rings. The topological polar surface area (TPSA) is 16.6 Å². The van der Waals surface area contributed by atoms with Gasteiger partial charge in [-0.3, -0.25) is 0 Å². The Morgan fingerprint density at radius 1 is 1.27 bits per heavy atom. The van der Waals surface area contributed by atoms with Crippen molar-refractivity contribution in [3.63, 3.8) is 0 Å². The van der Waals surface area contributed by atoms with Crippen LogP contribution >= 0.6 is 0 Å². The van der Waals surface area contributed by atoms with Crippen LogP contribution in [0.25, 0.3) is 0 Å². The molecule has 1 nitrogen and oxygen atoms in total. The van der Waals surface area contributed by atoms with Crippen LogP contribution in [0.5, 0.6) is 0 Å². The minimum atomic E-state index is 0.957. The Kier molecular flexibility index (Phi) is 3.92. The molecule has 0 aromatic carbocycles. The third-order valence-electron chi connectivity index (χ3n) is 3.12. The molecule has 0 unspecified atom stereocenters. The van der Waals surface area contributed by atoms with Crippen LogP contribution < -0.4 is 5.32 Å². The van der Waals surface area contributed by atoms with Gasteiger partial charge in [0.25, 0.3) is 0 Å². The van der Waals surface area contributed by atoms with Gasteiger partial charge in [-0.15, -0.1) is 0 Å². The standard InChI is InChI=1S/C10H21N/c1-3-9(4-2)10-7-5-6-8-11-10/h9-11H,3-8H2,1-2H3/p+1/t10-/m1/s1. The van der Waals surface area contributed by atoms with Crippen molar-refractivity contribution in [2.24, 2.45) is 5.92 Å². The van der Waals surface area contributed by atoms with Crippen molar-refractivity contribution in [2.75, 3.05) is 6.54 Å². The summed E-state index contributed by atoms with van der Waals surface area (Å²) in [6, 6.07) is 0.957. The molecular formula is C10H22N+. The maximum Gasteiger partial charge on any atom is 0.0887 e. The Hall–Kier alpha value is -0.0400. The number of piperidine rings is 1. The second-order valence-corrected chi connectivity index (χ2v) is 3.76. The third-order valence-corrected chi connectivity index (χ3v) is 3.12. The Bertz CT molecular complexity index is 91.0. The molecule has 1 atom stereocenters. The molecule has 0 saturated carbocycles. The van der Waals surface area contributed by atoms with E-state index in [0.717, 1.165) is 12.0 Å². The molecule has 0 spiro atoms. The van der Waals surface area contributed by atoms with Crippen LogP contribution in [0.4, 0.5) is 0 Å². The monoisotopic (exact) mass is 156 g/mol. The summed E-state index contributed by atoms with van der Waals surface area (Å²) in [7, 11) is 0. The molecule has 1 aliphatic heterocycles. The first-order valence-corrected chi connectivity index (χ1v) is 5.21. The molecule has 0 aliphatic carbocycles. The average Bonchev–Trinajstić information content (AvgIpc) is 2.09. The molecule has 1 saturated heterocycles. The van der Waals surface area contributed by atoms with Crippen molar-refractivity contribution in [3.8, 4) is 0 Å². The van der Waals surface area contributed by atoms with Crippen molar-refractivity contribution in [1.29, 1.82) is 0 Å². The maximum absolute atomic E-state index is 2.57. The maximum atomic E-state index is 2.57. The summed E-state index contributed by atoms with van der Waals surface area (Å²) in [5, 5.41) is 2.57. The zero-order valence-electron chi connectivity index (χ0n) is 7.97. The summed E-state index contributed by atoms with van der Waals surface area (Å²) in [5.74, 6) is 0.982. The SMILES string of the molecule is CCC(CC)[C@H]1CCCC[NH2+]1. The van der Waals surface area contributed by atoms with Crippen LogP contribution in [0.3, 0.4) is 0 Å². The molecule has 11 heavy (non-hydrogen) atoms. The van der Waals surface area contributed by atoms with Crippen molar-refractivity contribution < 1.29 is 5.32 Å². The number of nitrogens with two attached hydrogens (primary N) is 1. The molecule has 0 bridgehead atoms. The van der Waals surface area contributed by atoms with E-state index in [-0.39, 0.29) is 0 Å². The van der Waals surface area contributed by atoms with Gasteiger partial charge in [-0.1, -0.05) is 13.8 Å². The summed E-state index contributed by atoms with van der Waals surface area (Å²) in [5.41, 5.74) is 0. The lowest BCUT2D eigenvalue weighted by Crippen LogP contribution is -2.92. The van der Waals surface area contributed by atoms with E-state index in [0.29, 0.717) is 0 Å². The molecule has 1 fully saturated rings. The zero-order chi connectivity index (χ0) is 8.10. The Labute approximate surface area is 70.6 Å². The third kappa shape index (κ3) is 2.48. The second-order valence-electron chi connectivity index (χ2n) is 3.76. The number of quaternary nitrogens is 1. The van der Waals surface area contributed by atoms with Crippen LogP contribution in [-0.4, -0.2) is 12.6 Å². The smallest absolute Gasteiger partial charge is 0.0887 e. The summed E-state index contributed by atoms with van der Waals surface area (Å²) in [4.78, 5) is 0. The Morgan fingerprint density at radius 3 is 2.45 bits per heavy atom. The zero-order valence-corrected chi connectivity index (χ0v) is 7.97. The molecular weight excluding hydrogens is 134 g/mol. The van der Waals surface area contributed by atoms with Gasteiger partial charge >= 0.3 is 0 Å². The summed E-state index contributed by atoms with van der Waals surface area (Å²) < 4.78 is 0.